The monoisotopic (exact) mass is 943 g/mol. The van der Waals surface area contributed by atoms with E-state index in [1.807, 2.05) is 26.0 Å². The number of benzene rings is 2. The van der Waals surface area contributed by atoms with E-state index in [0.29, 0.717) is 61.7 Å². The number of aliphatic hydroxyl groups excluding tert-OH is 2. The van der Waals surface area contributed by atoms with Crippen molar-refractivity contribution in [1.29, 1.82) is 0 Å². The van der Waals surface area contributed by atoms with Crippen LogP contribution in [0.1, 0.15) is 153 Å². The molecule has 1 saturated carbocycles. The van der Waals surface area contributed by atoms with Crippen LogP contribution in [0.2, 0.25) is 0 Å². The summed E-state index contributed by atoms with van der Waals surface area (Å²) in [5.74, 6) is -1.59. The molecule has 3 N–H and O–H groups in total. The van der Waals surface area contributed by atoms with Gasteiger partial charge in [-0.25, -0.2) is 4.79 Å². The zero-order chi connectivity index (χ0) is 48.7. The smallest absolute Gasteiger partial charge is 0.412 e. The van der Waals surface area contributed by atoms with Gasteiger partial charge >= 0.3 is 6.09 Å². The highest BCUT2D eigenvalue weighted by molar-refractivity contribution is 6.03. The minimum atomic E-state index is -1.45. The highest BCUT2D eigenvalue weighted by Crippen LogP contribution is 2.62. The Labute approximate surface area is 404 Å². The summed E-state index contributed by atoms with van der Waals surface area (Å²) in [6.07, 6.45) is 23.9. The molecule has 6 atom stereocenters. The predicted octanol–water partition coefficient (Wildman–Crippen LogP) is 11.2. The van der Waals surface area contributed by atoms with Crippen molar-refractivity contribution >= 4 is 29.5 Å². The van der Waals surface area contributed by atoms with Crippen LogP contribution in [0.15, 0.2) is 78.0 Å². The minimum absolute atomic E-state index is 0.00628. The van der Waals surface area contributed by atoms with Gasteiger partial charge in [0, 0.05) is 62.4 Å². The number of ether oxygens (including phenoxy) is 3. The van der Waals surface area contributed by atoms with Gasteiger partial charge in [-0.3, -0.25) is 14.9 Å². The van der Waals surface area contributed by atoms with Crippen LogP contribution in [0.4, 0.5) is 10.5 Å². The van der Waals surface area contributed by atoms with E-state index in [2.05, 4.69) is 24.9 Å². The molecule has 3 aliphatic rings. The Morgan fingerprint density at radius 3 is 2.26 bits per heavy atom. The highest BCUT2D eigenvalue weighted by Gasteiger charge is 2.65. The van der Waals surface area contributed by atoms with Crippen LogP contribution in [0.25, 0.3) is 6.08 Å². The molecule has 6 unspecified atom stereocenters. The van der Waals surface area contributed by atoms with Crippen LogP contribution in [-0.4, -0.2) is 89.1 Å². The fourth-order valence-corrected chi connectivity index (χ4v) is 10.4. The number of amides is 2. The van der Waals surface area contributed by atoms with Crippen molar-refractivity contribution in [3.05, 3.63) is 94.1 Å². The van der Waals surface area contributed by atoms with Crippen LogP contribution < -0.4 is 14.8 Å². The number of nitro benzene ring substituents is 1. The summed E-state index contributed by atoms with van der Waals surface area (Å²) < 4.78 is 20.3. The standard InChI is InChI=1S/C54H78N4O10/c1-5-9-10-11-12-13-14-15-16-19-32-55-53(62)67-43-29-30-48-46(38-43)51-44(23-18-21-35-60)41(22-17-20-34-59)37-45-47(56-66-8-4)39-49(54(68-48,52(45)51)65-36-7-3)57(33-6-2)50(61)31-26-40-24-27-42(28-25-40)58(63)64/h7,24-31,37-38,41,44,49,51-52,59-60H,3,5-6,8-23,32-36,39H2,1-2,4H3,(H,55,62). The van der Waals surface area contributed by atoms with Crippen molar-refractivity contribution in [1.82, 2.24) is 10.2 Å². The van der Waals surface area contributed by atoms with Crippen molar-refractivity contribution in [2.45, 2.75) is 154 Å². The lowest BCUT2D eigenvalue weighted by atomic mass is 9.55. The van der Waals surface area contributed by atoms with Crippen LogP contribution in [0.3, 0.4) is 0 Å². The SMILES string of the molecule is C=CCOC12Oc3ccc(OC(=O)NCCCCCCCCCCCC)cc3C3C(CCCCO)C(CCCCO)C=C(C(=NOCC)CC1N(CCC)C(=O)C=Cc1ccc([N+](=O)[O-])cc1)C32. The molecule has 1 heterocycles. The van der Waals surface area contributed by atoms with Crippen molar-refractivity contribution in [2.24, 2.45) is 22.9 Å². The maximum atomic E-state index is 14.7. The number of nitrogens with zero attached hydrogens (tertiary/aromatic N) is 3. The molecule has 374 valence electrons. The predicted molar refractivity (Wildman–Crippen MR) is 267 cm³/mol. The number of allylic oxidation sites excluding steroid dienone is 1. The third kappa shape index (κ3) is 14.5. The third-order valence-corrected chi connectivity index (χ3v) is 13.6. The number of carbonyl (C=O) groups excluding carboxylic acids is 2. The molecule has 0 spiro atoms. The zero-order valence-electron chi connectivity index (χ0n) is 40.9. The van der Waals surface area contributed by atoms with Gasteiger partial charge < -0.3 is 39.5 Å². The lowest BCUT2D eigenvalue weighted by Gasteiger charge is -2.60. The normalized spacial score (nSPS) is 22.2. The molecule has 2 amide bonds. The number of nitrogens with one attached hydrogen (secondary N) is 1. The van der Waals surface area contributed by atoms with Gasteiger partial charge in [0.15, 0.2) is 0 Å². The number of unbranched alkanes of at least 4 members (excludes halogenated alkanes) is 11. The molecular weight excluding hydrogens is 865 g/mol. The maximum Gasteiger partial charge on any atom is 0.412 e. The molecule has 2 aromatic carbocycles. The first kappa shape index (κ1) is 53.9. The Hall–Kier alpha value is -5.05. The number of hydrogen-bond acceptors (Lipinski definition) is 11. The van der Waals surface area contributed by atoms with Gasteiger partial charge in [0.25, 0.3) is 5.69 Å². The second kappa shape index (κ2) is 28.4. The first-order valence-corrected chi connectivity index (χ1v) is 25.5. The summed E-state index contributed by atoms with van der Waals surface area (Å²) in [4.78, 5) is 46.5. The van der Waals surface area contributed by atoms with Gasteiger partial charge in [0.05, 0.1) is 23.2 Å². The average molecular weight is 943 g/mol. The van der Waals surface area contributed by atoms with Gasteiger partial charge in [-0.2, -0.15) is 0 Å². The molecule has 0 aromatic heterocycles. The molecule has 14 heteroatoms. The van der Waals surface area contributed by atoms with Crippen molar-refractivity contribution in [3.8, 4) is 11.5 Å². The fourth-order valence-electron chi connectivity index (χ4n) is 10.4. The minimum Gasteiger partial charge on any atom is -0.459 e. The molecule has 1 fully saturated rings. The first-order chi connectivity index (χ1) is 33.2. The highest BCUT2D eigenvalue weighted by atomic mass is 16.7. The number of fused-ring (bicyclic) bond motifs is 2. The molecule has 0 saturated heterocycles. The second-order valence-electron chi connectivity index (χ2n) is 18.4. The number of hydrogen-bond donors (Lipinski definition) is 3. The fraction of sp³-hybridized carbons (Fsp3) is 0.611. The quantitative estimate of drug-likeness (QED) is 0.0216. The van der Waals surface area contributed by atoms with Crippen LogP contribution in [0, 0.1) is 27.9 Å². The summed E-state index contributed by atoms with van der Waals surface area (Å²) in [5, 5.41) is 38.9. The maximum absolute atomic E-state index is 14.7. The Morgan fingerprint density at radius 2 is 1.62 bits per heavy atom. The summed E-state index contributed by atoms with van der Waals surface area (Å²) >= 11 is 0. The van der Waals surface area contributed by atoms with Gasteiger partial charge in [-0.1, -0.05) is 102 Å². The van der Waals surface area contributed by atoms with Crippen LogP contribution in [0.5, 0.6) is 11.5 Å². The van der Waals surface area contributed by atoms with Crippen LogP contribution >= 0.6 is 0 Å². The molecule has 0 bridgehead atoms. The van der Waals surface area contributed by atoms with Gasteiger partial charge in [-0.15, -0.1) is 6.58 Å². The van der Waals surface area contributed by atoms with Gasteiger partial charge in [0.1, 0.15) is 24.1 Å². The van der Waals surface area contributed by atoms with E-state index >= 15 is 0 Å². The number of carbonyl (C=O) groups is 2. The summed E-state index contributed by atoms with van der Waals surface area (Å²) in [5.41, 5.74) is 3.03. The molecule has 2 aliphatic carbocycles. The Balaban J connectivity index is 1.54. The molecule has 68 heavy (non-hydrogen) atoms. The molecule has 2 aromatic rings. The van der Waals surface area contributed by atoms with Crippen molar-refractivity contribution in [2.75, 3.05) is 39.5 Å². The average Bonchev–Trinajstić information content (AvgIpc) is 3.34. The van der Waals surface area contributed by atoms with E-state index in [1.54, 1.807) is 35.3 Å². The molecule has 14 nitrogen and oxygen atoms in total. The first-order valence-electron chi connectivity index (χ1n) is 25.5. The number of nitro groups is 1. The Bertz CT molecular complexity index is 2000. The second-order valence-corrected chi connectivity index (χ2v) is 18.4. The van der Waals surface area contributed by atoms with E-state index in [1.165, 1.54) is 63.2 Å². The number of non-ortho nitro benzene ring substituents is 1. The van der Waals surface area contributed by atoms with Gasteiger partial charge in [0.2, 0.25) is 11.7 Å². The third-order valence-electron chi connectivity index (χ3n) is 13.6. The lowest BCUT2D eigenvalue weighted by Crippen LogP contribution is -2.70. The Kier molecular flexibility index (Phi) is 22.5. The Morgan fingerprint density at radius 1 is 0.926 bits per heavy atom. The van der Waals surface area contributed by atoms with E-state index in [0.717, 1.165) is 56.1 Å². The van der Waals surface area contributed by atoms with Crippen LogP contribution in [-0.2, 0) is 14.4 Å². The van der Waals surface area contributed by atoms with Gasteiger partial charge in [-0.05, 0) is 105 Å². The molecule has 1 aliphatic heterocycles. The summed E-state index contributed by atoms with van der Waals surface area (Å²) in [7, 11) is 0. The summed E-state index contributed by atoms with van der Waals surface area (Å²) in [6.45, 7) is 11.6. The summed E-state index contributed by atoms with van der Waals surface area (Å²) in [6, 6.07) is 10.8. The number of aliphatic hydroxyl groups is 2. The lowest BCUT2D eigenvalue weighted by molar-refractivity contribution is -0.384. The van der Waals surface area contributed by atoms with E-state index in [-0.39, 0.29) is 55.6 Å². The topological polar surface area (TPSA) is 182 Å². The largest absolute Gasteiger partial charge is 0.459 e. The van der Waals surface area contributed by atoms with E-state index < -0.39 is 28.8 Å². The molecular formula is C54H78N4O10. The van der Waals surface area contributed by atoms with Crippen molar-refractivity contribution in [3.63, 3.8) is 0 Å². The van der Waals surface area contributed by atoms with E-state index in [4.69, 9.17) is 24.2 Å². The number of rotatable bonds is 31. The van der Waals surface area contributed by atoms with Crippen molar-refractivity contribution < 1.29 is 43.8 Å². The molecule has 0 radical (unpaired) electrons. The molecule has 5 rings (SSSR count). The zero-order valence-corrected chi connectivity index (χ0v) is 40.9. The van der Waals surface area contributed by atoms with E-state index in [9.17, 15) is 29.9 Å². The number of oxime groups is 1.